The lowest BCUT2D eigenvalue weighted by atomic mass is 10.0. The van der Waals surface area contributed by atoms with Gasteiger partial charge in [-0.3, -0.25) is 4.57 Å². The van der Waals surface area contributed by atoms with Crippen LogP contribution in [0, 0.1) is 0 Å². The van der Waals surface area contributed by atoms with E-state index in [1.165, 1.54) is 27.4 Å². The third-order valence-corrected chi connectivity index (χ3v) is 10.8. The molecule has 0 saturated carbocycles. The summed E-state index contributed by atoms with van der Waals surface area (Å²) < 4.78 is 4.54. The Morgan fingerprint density at radius 1 is 0.268 bits per heavy atom. The lowest BCUT2D eigenvalue weighted by Crippen LogP contribution is -2.06. The van der Waals surface area contributed by atoms with Crippen molar-refractivity contribution in [3.8, 4) is 56.7 Å². The molecule has 0 atom stereocenters. The highest BCUT2D eigenvalue weighted by Crippen LogP contribution is 2.38. The van der Waals surface area contributed by atoms with Crippen molar-refractivity contribution in [2.75, 3.05) is 0 Å². The lowest BCUT2D eigenvalue weighted by molar-refractivity contribution is 0.953. The van der Waals surface area contributed by atoms with Gasteiger partial charge in [0.15, 0.2) is 11.6 Å². The maximum absolute atomic E-state index is 5.22. The van der Waals surface area contributed by atoms with Crippen LogP contribution in [0.3, 0.4) is 0 Å². The van der Waals surface area contributed by atoms with Crippen molar-refractivity contribution in [1.29, 1.82) is 0 Å². The number of rotatable bonds is 6. The van der Waals surface area contributed by atoms with E-state index >= 15 is 0 Å². The van der Waals surface area contributed by atoms with Crippen molar-refractivity contribution in [1.82, 2.24) is 24.1 Å². The normalized spacial score (nSPS) is 11.6. The third kappa shape index (κ3) is 5.29. The van der Waals surface area contributed by atoms with Gasteiger partial charge < -0.3 is 4.57 Å². The fourth-order valence-electron chi connectivity index (χ4n) is 8.15. The summed E-state index contributed by atoms with van der Waals surface area (Å²) in [5.74, 6) is 1.83. The summed E-state index contributed by atoms with van der Waals surface area (Å²) in [7, 11) is 0. The largest absolute Gasteiger partial charge is 0.309 e. The van der Waals surface area contributed by atoms with Gasteiger partial charge in [0.1, 0.15) is 0 Å². The molecule has 0 bridgehead atoms. The first-order valence-corrected chi connectivity index (χ1v) is 18.9. The Balaban J connectivity index is 1.09. The van der Waals surface area contributed by atoms with Crippen LogP contribution in [0.2, 0.25) is 0 Å². The molecule has 0 saturated heterocycles. The number of hydrogen-bond acceptors (Lipinski definition) is 3. The quantitative estimate of drug-likeness (QED) is 0.172. The van der Waals surface area contributed by atoms with Gasteiger partial charge in [-0.15, -0.1) is 0 Å². The second-order valence-electron chi connectivity index (χ2n) is 14.1. The maximum Gasteiger partial charge on any atom is 0.238 e. The average Bonchev–Trinajstić information content (AvgIpc) is 3.79. The third-order valence-electron chi connectivity index (χ3n) is 10.8. The topological polar surface area (TPSA) is 48.5 Å². The summed E-state index contributed by atoms with van der Waals surface area (Å²) in [5.41, 5.74) is 12.0. The van der Waals surface area contributed by atoms with Crippen molar-refractivity contribution in [2.24, 2.45) is 0 Å². The molecule has 3 heterocycles. The Bertz CT molecular complexity index is 3240. The second kappa shape index (κ2) is 13.0. The highest BCUT2D eigenvalue weighted by Gasteiger charge is 2.19. The molecule has 0 radical (unpaired) electrons. The van der Waals surface area contributed by atoms with E-state index in [0.29, 0.717) is 17.6 Å². The second-order valence-corrected chi connectivity index (χ2v) is 14.1. The molecule has 11 rings (SSSR count). The van der Waals surface area contributed by atoms with Crippen LogP contribution in [-0.2, 0) is 0 Å². The molecule has 262 valence electrons. The van der Waals surface area contributed by atoms with E-state index in [2.05, 4.69) is 185 Å². The molecule has 0 unspecified atom stereocenters. The van der Waals surface area contributed by atoms with E-state index < -0.39 is 0 Å². The van der Waals surface area contributed by atoms with E-state index in [-0.39, 0.29) is 0 Å². The van der Waals surface area contributed by atoms with Crippen molar-refractivity contribution in [3.63, 3.8) is 0 Å². The summed E-state index contributed by atoms with van der Waals surface area (Å²) in [6.07, 6.45) is 0. The fourth-order valence-corrected chi connectivity index (χ4v) is 8.15. The standard InChI is InChI=1S/C51H33N5/c1-4-15-34(16-5-1)36-19-14-20-39(31-36)50-52-49(35-17-6-2-7-18-35)53-51(54-50)56-46-26-13-11-24-42(46)44-33-38(28-30-48(44)56)37-27-29-47-43(32-37)41-23-10-12-25-45(41)55(47)40-21-8-3-9-22-40/h1-33H. The first kappa shape index (κ1) is 31.9. The number of hydrogen-bond donors (Lipinski definition) is 0. The molecule has 0 aliphatic rings. The molecule has 0 aliphatic heterocycles. The molecule has 3 aromatic heterocycles. The molecule has 0 amide bonds. The van der Waals surface area contributed by atoms with Crippen molar-refractivity contribution in [3.05, 3.63) is 200 Å². The predicted octanol–water partition coefficient (Wildman–Crippen LogP) is 12.7. The minimum absolute atomic E-state index is 0.577. The van der Waals surface area contributed by atoms with Gasteiger partial charge in [0.2, 0.25) is 5.95 Å². The summed E-state index contributed by atoms with van der Waals surface area (Å²) in [4.78, 5) is 15.4. The molecule has 56 heavy (non-hydrogen) atoms. The van der Waals surface area contributed by atoms with Crippen molar-refractivity contribution < 1.29 is 0 Å². The highest BCUT2D eigenvalue weighted by atomic mass is 15.2. The highest BCUT2D eigenvalue weighted by molar-refractivity contribution is 6.12. The summed E-state index contributed by atoms with van der Waals surface area (Å²) >= 11 is 0. The predicted molar refractivity (Wildman–Crippen MR) is 230 cm³/mol. The van der Waals surface area contributed by atoms with E-state index in [9.17, 15) is 0 Å². The van der Waals surface area contributed by atoms with Gasteiger partial charge >= 0.3 is 0 Å². The Labute approximate surface area is 323 Å². The Kier molecular flexibility index (Phi) is 7.42. The summed E-state index contributed by atoms with van der Waals surface area (Å²) in [6.45, 7) is 0. The number of para-hydroxylation sites is 3. The Hall–Kier alpha value is -7.63. The monoisotopic (exact) mass is 715 g/mol. The zero-order valence-electron chi connectivity index (χ0n) is 30.3. The maximum atomic E-state index is 5.22. The zero-order chi connectivity index (χ0) is 37.0. The number of nitrogens with zero attached hydrogens (tertiary/aromatic N) is 5. The van der Waals surface area contributed by atoms with Gasteiger partial charge in [0, 0.05) is 38.4 Å². The van der Waals surface area contributed by atoms with Crippen LogP contribution < -0.4 is 0 Å². The molecule has 0 fully saturated rings. The lowest BCUT2D eigenvalue weighted by Gasteiger charge is -2.12. The zero-order valence-corrected chi connectivity index (χ0v) is 30.3. The molecule has 5 heteroatoms. The fraction of sp³-hybridized carbons (Fsp3) is 0. The van der Waals surface area contributed by atoms with E-state index in [0.717, 1.165) is 55.3 Å². The molecule has 0 aliphatic carbocycles. The van der Waals surface area contributed by atoms with Gasteiger partial charge in [-0.2, -0.15) is 9.97 Å². The molecular formula is C51H33N5. The average molecular weight is 716 g/mol. The minimum atomic E-state index is 0.577. The van der Waals surface area contributed by atoms with Crippen LogP contribution in [0.15, 0.2) is 200 Å². The molecule has 11 aromatic rings. The van der Waals surface area contributed by atoms with Gasteiger partial charge in [0.05, 0.1) is 22.1 Å². The van der Waals surface area contributed by atoms with E-state index in [1.807, 2.05) is 24.3 Å². The molecule has 5 nitrogen and oxygen atoms in total. The number of aromatic nitrogens is 5. The molecular weight excluding hydrogens is 683 g/mol. The van der Waals surface area contributed by atoms with Gasteiger partial charge in [-0.25, -0.2) is 4.98 Å². The first-order valence-electron chi connectivity index (χ1n) is 18.9. The smallest absolute Gasteiger partial charge is 0.238 e. The first-order chi connectivity index (χ1) is 27.8. The Morgan fingerprint density at radius 2 is 0.714 bits per heavy atom. The van der Waals surface area contributed by atoms with Gasteiger partial charge in [0.25, 0.3) is 0 Å². The van der Waals surface area contributed by atoms with Crippen LogP contribution in [0.25, 0.3) is 100 Å². The van der Waals surface area contributed by atoms with E-state index in [4.69, 9.17) is 15.0 Å². The van der Waals surface area contributed by atoms with Gasteiger partial charge in [-0.1, -0.05) is 146 Å². The number of fused-ring (bicyclic) bond motifs is 6. The summed E-state index contributed by atoms with van der Waals surface area (Å²) in [6, 6.07) is 70.4. The minimum Gasteiger partial charge on any atom is -0.309 e. The molecule has 8 aromatic carbocycles. The molecule has 0 N–H and O–H groups in total. The Morgan fingerprint density at radius 3 is 1.36 bits per heavy atom. The van der Waals surface area contributed by atoms with E-state index in [1.54, 1.807) is 0 Å². The number of benzene rings is 8. The van der Waals surface area contributed by atoms with Crippen LogP contribution >= 0.6 is 0 Å². The van der Waals surface area contributed by atoms with Crippen molar-refractivity contribution in [2.45, 2.75) is 0 Å². The summed E-state index contributed by atoms with van der Waals surface area (Å²) in [5, 5.41) is 4.74. The van der Waals surface area contributed by atoms with Crippen LogP contribution in [0.4, 0.5) is 0 Å². The van der Waals surface area contributed by atoms with Crippen LogP contribution in [-0.4, -0.2) is 24.1 Å². The van der Waals surface area contributed by atoms with Crippen molar-refractivity contribution >= 4 is 43.6 Å². The van der Waals surface area contributed by atoms with Crippen LogP contribution in [0.5, 0.6) is 0 Å². The van der Waals surface area contributed by atoms with Gasteiger partial charge in [-0.05, 0) is 76.9 Å². The van der Waals surface area contributed by atoms with Crippen LogP contribution in [0.1, 0.15) is 0 Å². The molecule has 0 spiro atoms. The SMILES string of the molecule is c1ccc(-c2cccc(-c3nc(-c4ccccc4)nc(-n4c5ccccc5c5cc(-c6ccc7c(c6)c6ccccc6n7-c6ccccc6)ccc54)n3)c2)cc1.